The van der Waals surface area contributed by atoms with Crippen molar-refractivity contribution in [2.24, 2.45) is 0 Å². The van der Waals surface area contributed by atoms with E-state index in [4.69, 9.17) is 4.74 Å². The van der Waals surface area contributed by atoms with Crippen molar-refractivity contribution in [3.63, 3.8) is 0 Å². The number of nitrogens with zero attached hydrogens (tertiary/aromatic N) is 4. The molecule has 2 saturated heterocycles. The van der Waals surface area contributed by atoms with E-state index in [2.05, 4.69) is 11.0 Å². The molecule has 3 fully saturated rings. The minimum atomic E-state index is -0.632. The van der Waals surface area contributed by atoms with Crippen LogP contribution in [0, 0.1) is 11.3 Å². The molecule has 2 aliphatic heterocycles. The fraction of sp³-hybridized carbons (Fsp3) is 0.842. The Morgan fingerprint density at radius 1 is 1.15 bits per heavy atom. The van der Waals surface area contributed by atoms with Crippen molar-refractivity contribution in [3.05, 3.63) is 0 Å². The van der Waals surface area contributed by atoms with E-state index < -0.39 is 5.54 Å². The number of nitriles is 1. The van der Waals surface area contributed by atoms with Gasteiger partial charge >= 0.3 is 0 Å². The fourth-order valence-corrected chi connectivity index (χ4v) is 4.30. The highest BCUT2D eigenvalue weighted by Gasteiger charge is 2.39. The first kappa shape index (κ1) is 19.1. The van der Waals surface area contributed by atoms with E-state index in [1.165, 1.54) is 0 Å². The van der Waals surface area contributed by atoms with Gasteiger partial charge in [0.25, 0.3) is 5.91 Å². The Hall–Kier alpha value is -1.65. The van der Waals surface area contributed by atoms with E-state index in [9.17, 15) is 14.9 Å². The summed E-state index contributed by atoms with van der Waals surface area (Å²) in [5, 5.41) is 9.65. The zero-order valence-corrected chi connectivity index (χ0v) is 15.8. The fourth-order valence-electron chi connectivity index (χ4n) is 4.30. The largest absolute Gasteiger partial charge is 0.368 e. The molecule has 0 spiro atoms. The average Bonchev–Trinajstić information content (AvgIpc) is 3.22. The lowest BCUT2D eigenvalue weighted by molar-refractivity contribution is -0.143. The average molecular weight is 362 g/mol. The van der Waals surface area contributed by atoms with E-state index in [0.29, 0.717) is 39.3 Å². The number of ether oxygens (including phenoxy) is 1. The molecule has 0 radical (unpaired) electrons. The summed E-state index contributed by atoms with van der Waals surface area (Å²) in [6, 6.07) is 2.41. The quantitative estimate of drug-likeness (QED) is 0.745. The van der Waals surface area contributed by atoms with E-state index in [1.54, 1.807) is 11.9 Å². The predicted octanol–water partition coefficient (Wildman–Crippen LogP) is 0.994. The molecule has 0 aromatic rings. The first-order chi connectivity index (χ1) is 12.6. The van der Waals surface area contributed by atoms with Crippen LogP contribution >= 0.6 is 0 Å². The third kappa shape index (κ3) is 4.02. The summed E-state index contributed by atoms with van der Waals surface area (Å²) in [4.78, 5) is 30.8. The van der Waals surface area contributed by atoms with Crippen molar-refractivity contribution < 1.29 is 14.3 Å². The molecule has 1 atom stereocenters. The highest BCUT2D eigenvalue weighted by Crippen LogP contribution is 2.32. The van der Waals surface area contributed by atoms with Gasteiger partial charge in [-0.2, -0.15) is 5.26 Å². The molecule has 1 unspecified atom stereocenters. The molecule has 26 heavy (non-hydrogen) atoms. The zero-order chi connectivity index (χ0) is 18.6. The monoisotopic (exact) mass is 362 g/mol. The summed E-state index contributed by atoms with van der Waals surface area (Å²) in [7, 11) is 1.77. The summed E-state index contributed by atoms with van der Waals surface area (Å²) in [5.74, 6) is 0.101. The van der Waals surface area contributed by atoms with Gasteiger partial charge in [0.1, 0.15) is 11.6 Å². The van der Waals surface area contributed by atoms with Crippen LogP contribution in [0.4, 0.5) is 0 Å². The molecule has 1 saturated carbocycles. The van der Waals surface area contributed by atoms with Gasteiger partial charge in [-0.05, 0) is 25.7 Å². The zero-order valence-electron chi connectivity index (χ0n) is 15.8. The standard InChI is InChI=1S/C19H30N4O3/c1-21(19(15-20)7-3-2-4-8-19)17(24)14-22-9-11-23(12-10-22)18(25)16-6-5-13-26-16/h16H,2-14H2,1H3. The minimum Gasteiger partial charge on any atom is -0.368 e. The molecule has 2 heterocycles. The van der Waals surface area contributed by atoms with Crippen LogP contribution in [-0.2, 0) is 14.3 Å². The molecular weight excluding hydrogens is 332 g/mol. The highest BCUT2D eigenvalue weighted by atomic mass is 16.5. The van der Waals surface area contributed by atoms with Gasteiger partial charge < -0.3 is 14.5 Å². The molecule has 0 aromatic heterocycles. The Morgan fingerprint density at radius 3 is 2.42 bits per heavy atom. The van der Waals surface area contributed by atoms with Gasteiger partial charge in [0, 0.05) is 39.8 Å². The normalized spacial score (nSPS) is 26.3. The second-order valence-electron chi connectivity index (χ2n) is 7.76. The highest BCUT2D eigenvalue weighted by molar-refractivity contribution is 5.81. The third-order valence-corrected chi connectivity index (χ3v) is 6.15. The first-order valence-electron chi connectivity index (χ1n) is 9.86. The maximum absolute atomic E-state index is 12.7. The lowest BCUT2D eigenvalue weighted by Crippen LogP contribution is -2.56. The van der Waals surface area contributed by atoms with E-state index in [1.807, 2.05) is 4.90 Å². The van der Waals surface area contributed by atoms with Crippen LogP contribution in [0.2, 0.25) is 0 Å². The topological polar surface area (TPSA) is 76.9 Å². The Balaban J connectivity index is 1.48. The SMILES string of the molecule is CN(C(=O)CN1CCN(C(=O)C2CCCO2)CC1)C1(C#N)CCCCC1. The lowest BCUT2D eigenvalue weighted by Gasteiger charge is -2.41. The lowest BCUT2D eigenvalue weighted by atomic mass is 9.81. The van der Waals surface area contributed by atoms with Gasteiger partial charge in [0.2, 0.25) is 5.91 Å². The van der Waals surface area contributed by atoms with E-state index in [0.717, 1.165) is 44.9 Å². The molecule has 3 aliphatic rings. The first-order valence-corrected chi connectivity index (χ1v) is 9.86. The molecule has 7 heteroatoms. The molecule has 2 amide bonds. The van der Waals surface area contributed by atoms with Gasteiger partial charge in [0.15, 0.2) is 0 Å². The number of amides is 2. The van der Waals surface area contributed by atoms with E-state index in [-0.39, 0.29) is 17.9 Å². The molecule has 7 nitrogen and oxygen atoms in total. The number of carbonyl (C=O) groups excluding carboxylic acids is 2. The van der Waals surface area contributed by atoms with Crippen LogP contribution in [0.1, 0.15) is 44.9 Å². The van der Waals surface area contributed by atoms with Crippen LogP contribution in [0.3, 0.4) is 0 Å². The van der Waals surface area contributed by atoms with Crippen molar-refractivity contribution in [1.82, 2.24) is 14.7 Å². The van der Waals surface area contributed by atoms with Crippen molar-refractivity contribution in [2.45, 2.75) is 56.6 Å². The third-order valence-electron chi connectivity index (χ3n) is 6.15. The van der Waals surface area contributed by atoms with Gasteiger partial charge in [-0.3, -0.25) is 14.5 Å². The second kappa shape index (κ2) is 8.36. The summed E-state index contributed by atoms with van der Waals surface area (Å²) >= 11 is 0. The predicted molar refractivity (Wildman–Crippen MR) is 96.2 cm³/mol. The smallest absolute Gasteiger partial charge is 0.251 e. The maximum Gasteiger partial charge on any atom is 0.251 e. The van der Waals surface area contributed by atoms with Gasteiger partial charge in [-0.15, -0.1) is 0 Å². The molecule has 1 aliphatic carbocycles. The Kier molecular flexibility index (Phi) is 6.15. The van der Waals surface area contributed by atoms with Crippen LogP contribution in [0.15, 0.2) is 0 Å². The van der Waals surface area contributed by atoms with Crippen molar-refractivity contribution >= 4 is 11.8 Å². The number of hydrogen-bond acceptors (Lipinski definition) is 5. The molecule has 144 valence electrons. The number of rotatable bonds is 4. The van der Waals surface area contributed by atoms with Crippen LogP contribution in [-0.4, -0.2) is 84.5 Å². The Morgan fingerprint density at radius 2 is 1.85 bits per heavy atom. The number of likely N-dealkylation sites (N-methyl/N-ethyl adjacent to an activating group) is 1. The van der Waals surface area contributed by atoms with Crippen molar-refractivity contribution in [2.75, 3.05) is 46.4 Å². The maximum atomic E-state index is 12.7. The van der Waals surface area contributed by atoms with Crippen LogP contribution in [0.5, 0.6) is 0 Å². The van der Waals surface area contributed by atoms with Gasteiger partial charge in [-0.25, -0.2) is 0 Å². The second-order valence-corrected chi connectivity index (χ2v) is 7.76. The van der Waals surface area contributed by atoms with Crippen molar-refractivity contribution in [1.29, 1.82) is 5.26 Å². The number of carbonyl (C=O) groups is 2. The number of piperazine rings is 1. The molecule has 0 bridgehead atoms. The summed E-state index contributed by atoms with van der Waals surface area (Å²) in [6.07, 6.45) is 6.22. The minimum absolute atomic E-state index is 0.00681. The molecule has 0 N–H and O–H groups in total. The van der Waals surface area contributed by atoms with Gasteiger partial charge in [0.05, 0.1) is 12.6 Å². The van der Waals surface area contributed by atoms with Gasteiger partial charge in [-0.1, -0.05) is 19.3 Å². The Bertz CT molecular complexity index is 554. The van der Waals surface area contributed by atoms with Crippen LogP contribution < -0.4 is 0 Å². The molecular formula is C19H30N4O3. The molecule has 0 aromatic carbocycles. The van der Waals surface area contributed by atoms with Crippen LogP contribution in [0.25, 0.3) is 0 Å². The Labute approximate surface area is 155 Å². The number of hydrogen-bond donors (Lipinski definition) is 0. The molecule has 3 rings (SSSR count). The summed E-state index contributed by atoms with van der Waals surface area (Å²) < 4.78 is 5.49. The van der Waals surface area contributed by atoms with Crippen molar-refractivity contribution in [3.8, 4) is 6.07 Å². The summed E-state index contributed by atoms with van der Waals surface area (Å²) in [5.41, 5.74) is -0.632. The van der Waals surface area contributed by atoms with E-state index >= 15 is 0 Å². The summed E-state index contributed by atoms with van der Waals surface area (Å²) in [6.45, 7) is 3.66.